The van der Waals surface area contributed by atoms with Gasteiger partial charge in [-0.15, -0.1) is 0 Å². The molecule has 2 heteroatoms. The summed E-state index contributed by atoms with van der Waals surface area (Å²) in [5.74, 6) is 1.55. The van der Waals surface area contributed by atoms with E-state index in [-0.39, 0.29) is 0 Å². The SMILES string of the molecule is CCC(CN)CC(=O)CC1CCCC1. The van der Waals surface area contributed by atoms with Crippen molar-refractivity contribution in [2.75, 3.05) is 6.54 Å². The molecule has 1 atom stereocenters. The van der Waals surface area contributed by atoms with Crippen LogP contribution in [0.15, 0.2) is 0 Å². The van der Waals surface area contributed by atoms with E-state index in [4.69, 9.17) is 5.73 Å². The van der Waals surface area contributed by atoms with E-state index < -0.39 is 0 Å². The number of rotatable bonds is 6. The third kappa shape index (κ3) is 3.79. The number of Topliss-reactive ketones (excluding diaryl/α,β-unsaturated/α-hetero) is 1. The predicted octanol–water partition coefficient (Wildman–Crippen LogP) is 2.51. The quantitative estimate of drug-likeness (QED) is 0.711. The van der Waals surface area contributed by atoms with Gasteiger partial charge in [0, 0.05) is 12.8 Å². The minimum Gasteiger partial charge on any atom is -0.330 e. The van der Waals surface area contributed by atoms with Gasteiger partial charge in [-0.25, -0.2) is 0 Å². The molecule has 0 spiro atoms. The Kier molecular flexibility index (Phi) is 5.16. The number of carbonyl (C=O) groups is 1. The zero-order valence-corrected chi connectivity index (χ0v) is 9.30. The third-order valence-corrected chi connectivity index (χ3v) is 3.42. The summed E-state index contributed by atoms with van der Waals surface area (Å²) in [6, 6.07) is 0. The van der Waals surface area contributed by atoms with Gasteiger partial charge in [0.15, 0.2) is 0 Å². The molecule has 0 saturated heterocycles. The lowest BCUT2D eigenvalue weighted by Crippen LogP contribution is -2.18. The topological polar surface area (TPSA) is 43.1 Å². The Labute approximate surface area is 87.2 Å². The maximum Gasteiger partial charge on any atom is 0.133 e. The fraction of sp³-hybridized carbons (Fsp3) is 0.917. The van der Waals surface area contributed by atoms with Crippen LogP contribution in [0.5, 0.6) is 0 Å². The molecule has 1 aliphatic rings. The molecule has 0 heterocycles. The Hall–Kier alpha value is -0.370. The lowest BCUT2D eigenvalue weighted by atomic mass is 9.93. The maximum atomic E-state index is 11.7. The number of hydrogen-bond acceptors (Lipinski definition) is 2. The Bertz CT molecular complexity index is 163. The van der Waals surface area contributed by atoms with E-state index in [0.717, 1.165) is 12.8 Å². The first-order valence-electron chi connectivity index (χ1n) is 5.98. The Morgan fingerprint density at radius 1 is 1.43 bits per heavy atom. The molecule has 1 aliphatic carbocycles. The van der Waals surface area contributed by atoms with Crippen molar-refractivity contribution in [1.29, 1.82) is 0 Å². The molecule has 0 aromatic rings. The summed E-state index contributed by atoms with van der Waals surface area (Å²) in [5, 5.41) is 0. The number of nitrogens with two attached hydrogens (primary N) is 1. The average Bonchev–Trinajstić information content (AvgIpc) is 2.66. The largest absolute Gasteiger partial charge is 0.330 e. The van der Waals surface area contributed by atoms with Crippen LogP contribution < -0.4 is 5.73 Å². The lowest BCUT2D eigenvalue weighted by molar-refractivity contribution is -0.120. The molecule has 14 heavy (non-hydrogen) atoms. The highest BCUT2D eigenvalue weighted by Gasteiger charge is 2.19. The van der Waals surface area contributed by atoms with Gasteiger partial charge < -0.3 is 5.73 Å². The average molecular weight is 197 g/mol. The van der Waals surface area contributed by atoms with Gasteiger partial charge in [-0.2, -0.15) is 0 Å². The van der Waals surface area contributed by atoms with E-state index >= 15 is 0 Å². The van der Waals surface area contributed by atoms with Gasteiger partial charge in [0.05, 0.1) is 0 Å². The molecule has 0 aromatic carbocycles. The Morgan fingerprint density at radius 3 is 2.57 bits per heavy atom. The molecule has 0 amide bonds. The second-order valence-corrected chi connectivity index (χ2v) is 4.61. The van der Waals surface area contributed by atoms with Crippen LogP contribution in [0.2, 0.25) is 0 Å². The van der Waals surface area contributed by atoms with Crippen molar-refractivity contribution < 1.29 is 4.79 Å². The van der Waals surface area contributed by atoms with Gasteiger partial charge in [-0.1, -0.05) is 39.0 Å². The van der Waals surface area contributed by atoms with Gasteiger partial charge >= 0.3 is 0 Å². The summed E-state index contributed by atoms with van der Waals surface area (Å²) in [6.45, 7) is 2.77. The van der Waals surface area contributed by atoms with Crippen LogP contribution in [0, 0.1) is 11.8 Å². The highest BCUT2D eigenvalue weighted by molar-refractivity contribution is 5.78. The summed E-state index contributed by atoms with van der Waals surface area (Å²) in [5.41, 5.74) is 5.59. The standard InChI is InChI=1S/C12H23NO/c1-2-10(9-13)7-12(14)8-11-5-3-4-6-11/h10-11H,2-9,13H2,1H3. The molecule has 1 fully saturated rings. The highest BCUT2D eigenvalue weighted by Crippen LogP contribution is 2.28. The molecule has 0 bridgehead atoms. The molecular weight excluding hydrogens is 174 g/mol. The van der Waals surface area contributed by atoms with E-state index in [0.29, 0.717) is 30.6 Å². The first-order chi connectivity index (χ1) is 6.76. The zero-order chi connectivity index (χ0) is 10.4. The smallest absolute Gasteiger partial charge is 0.133 e. The number of hydrogen-bond donors (Lipinski definition) is 1. The highest BCUT2D eigenvalue weighted by atomic mass is 16.1. The van der Waals surface area contributed by atoms with Crippen molar-refractivity contribution in [3.8, 4) is 0 Å². The third-order valence-electron chi connectivity index (χ3n) is 3.42. The molecule has 2 nitrogen and oxygen atoms in total. The van der Waals surface area contributed by atoms with Crippen LogP contribution in [-0.2, 0) is 4.79 Å². The van der Waals surface area contributed by atoms with E-state index in [1.807, 2.05) is 0 Å². The summed E-state index contributed by atoms with van der Waals surface area (Å²) < 4.78 is 0. The first-order valence-corrected chi connectivity index (χ1v) is 5.98. The Morgan fingerprint density at radius 2 is 2.07 bits per heavy atom. The van der Waals surface area contributed by atoms with E-state index in [1.54, 1.807) is 0 Å². The van der Waals surface area contributed by atoms with E-state index in [1.165, 1.54) is 25.7 Å². The van der Waals surface area contributed by atoms with Crippen molar-refractivity contribution in [2.45, 2.75) is 51.9 Å². The van der Waals surface area contributed by atoms with E-state index in [9.17, 15) is 4.79 Å². The zero-order valence-electron chi connectivity index (χ0n) is 9.30. The second-order valence-electron chi connectivity index (χ2n) is 4.61. The summed E-state index contributed by atoms with van der Waals surface area (Å²) in [4.78, 5) is 11.7. The summed E-state index contributed by atoms with van der Waals surface area (Å²) in [7, 11) is 0. The van der Waals surface area contributed by atoms with Gasteiger partial charge in [0.2, 0.25) is 0 Å². The molecule has 0 radical (unpaired) electrons. The van der Waals surface area contributed by atoms with Crippen molar-refractivity contribution in [2.24, 2.45) is 17.6 Å². The fourth-order valence-corrected chi connectivity index (χ4v) is 2.34. The molecule has 1 rings (SSSR count). The van der Waals surface area contributed by atoms with Crippen LogP contribution in [0.25, 0.3) is 0 Å². The van der Waals surface area contributed by atoms with Crippen molar-refractivity contribution in [3.05, 3.63) is 0 Å². The molecule has 2 N–H and O–H groups in total. The van der Waals surface area contributed by atoms with Crippen LogP contribution in [0.1, 0.15) is 51.9 Å². The molecule has 82 valence electrons. The normalized spacial score (nSPS) is 19.9. The molecule has 0 aliphatic heterocycles. The summed E-state index contributed by atoms with van der Waals surface area (Å²) >= 11 is 0. The van der Waals surface area contributed by atoms with Crippen LogP contribution >= 0.6 is 0 Å². The molecule has 1 unspecified atom stereocenters. The van der Waals surface area contributed by atoms with Crippen LogP contribution in [-0.4, -0.2) is 12.3 Å². The minimum atomic E-state index is 0.420. The molecular formula is C12H23NO. The van der Waals surface area contributed by atoms with Gasteiger partial charge in [0.25, 0.3) is 0 Å². The van der Waals surface area contributed by atoms with Crippen molar-refractivity contribution in [3.63, 3.8) is 0 Å². The minimum absolute atomic E-state index is 0.420. The monoisotopic (exact) mass is 197 g/mol. The fourth-order valence-electron chi connectivity index (χ4n) is 2.34. The van der Waals surface area contributed by atoms with Crippen molar-refractivity contribution in [1.82, 2.24) is 0 Å². The van der Waals surface area contributed by atoms with Crippen LogP contribution in [0.4, 0.5) is 0 Å². The first kappa shape index (κ1) is 11.7. The second kappa shape index (κ2) is 6.18. The van der Waals surface area contributed by atoms with Crippen molar-refractivity contribution >= 4 is 5.78 Å². The van der Waals surface area contributed by atoms with Crippen LogP contribution in [0.3, 0.4) is 0 Å². The van der Waals surface area contributed by atoms with Gasteiger partial charge in [-0.05, 0) is 18.4 Å². The molecule has 1 saturated carbocycles. The predicted molar refractivity (Wildman–Crippen MR) is 59.0 cm³/mol. The Balaban J connectivity index is 2.20. The van der Waals surface area contributed by atoms with Gasteiger partial charge in [0.1, 0.15) is 5.78 Å². The lowest BCUT2D eigenvalue weighted by Gasteiger charge is -2.13. The molecule has 0 aromatic heterocycles. The maximum absolute atomic E-state index is 11.7. The number of ketones is 1. The number of carbonyl (C=O) groups excluding carboxylic acids is 1. The van der Waals surface area contributed by atoms with Gasteiger partial charge in [-0.3, -0.25) is 4.79 Å². The van der Waals surface area contributed by atoms with E-state index in [2.05, 4.69) is 6.92 Å². The summed E-state index contributed by atoms with van der Waals surface area (Å²) in [6.07, 6.45) is 7.75.